The first-order valence-corrected chi connectivity index (χ1v) is 12.8. The second kappa shape index (κ2) is 15.6. The molecular weight excluding hydrogens is 514 g/mol. The molecule has 8 N–H and O–H groups in total. The standard InChI is InChI=1S/C24H41N7O8/c1-12(2)19(25)24(39)31-8-6-7-15(31)22(37)28-10-17(33)30-20(13(3)4)23(38)29-14(5)21(36)27-9-16(32)26-11-18(34)35/h12-15,19-20H,6-11,25H2,1-5H3,(H,26,32)(H,27,36)(H,28,37)(H,29,38)(H,30,33)(H,34,35)/t14-,15-,19-,20-/m0/s1. The van der Waals surface area contributed by atoms with Crippen LogP contribution < -0.4 is 32.3 Å². The molecule has 39 heavy (non-hydrogen) atoms. The van der Waals surface area contributed by atoms with Crippen LogP contribution in [0.15, 0.2) is 0 Å². The Kier molecular flexibility index (Phi) is 13.3. The molecule has 4 atom stereocenters. The zero-order chi connectivity index (χ0) is 29.9. The molecule has 15 nitrogen and oxygen atoms in total. The Bertz CT molecular complexity index is 939. The lowest BCUT2D eigenvalue weighted by molar-refractivity contribution is -0.140. The fourth-order valence-corrected chi connectivity index (χ4v) is 3.75. The fraction of sp³-hybridized carbons (Fsp3) is 0.708. The van der Waals surface area contributed by atoms with Crippen molar-refractivity contribution in [3.63, 3.8) is 0 Å². The number of carboxylic acids is 1. The highest BCUT2D eigenvalue weighted by molar-refractivity contribution is 5.95. The minimum absolute atomic E-state index is 0.0937. The Hall–Kier alpha value is -3.75. The van der Waals surface area contributed by atoms with Gasteiger partial charge in [0.05, 0.1) is 19.1 Å². The van der Waals surface area contributed by atoms with Gasteiger partial charge in [0.15, 0.2) is 0 Å². The molecule has 6 amide bonds. The predicted octanol–water partition coefficient (Wildman–Crippen LogP) is -2.96. The van der Waals surface area contributed by atoms with Gasteiger partial charge in [-0.1, -0.05) is 27.7 Å². The van der Waals surface area contributed by atoms with Crippen LogP contribution in [0.3, 0.4) is 0 Å². The van der Waals surface area contributed by atoms with Crippen LogP contribution in [-0.4, -0.2) is 102 Å². The van der Waals surface area contributed by atoms with Crippen LogP contribution in [-0.2, 0) is 33.6 Å². The number of aliphatic carboxylic acids is 1. The van der Waals surface area contributed by atoms with Gasteiger partial charge in [0, 0.05) is 6.54 Å². The van der Waals surface area contributed by atoms with Gasteiger partial charge in [-0.15, -0.1) is 0 Å². The van der Waals surface area contributed by atoms with E-state index in [-0.39, 0.29) is 17.7 Å². The van der Waals surface area contributed by atoms with Crippen LogP contribution in [0.4, 0.5) is 0 Å². The molecule has 1 heterocycles. The largest absolute Gasteiger partial charge is 0.480 e. The number of hydrogen-bond donors (Lipinski definition) is 7. The lowest BCUT2D eigenvalue weighted by Gasteiger charge is -2.28. The molecule has 1 aliphatic rings. The van der Waals surface area contributed by atoms with Crippen molar-refractivity contribution in [3.8, 4) is 0 Å². The number of rotatable bonds is 14. The summed E-state index contributed by atoms with van der Waals surface area (Å²) in [6.07, 6.45) is 1.08. The van der Waals surface area contributed by atoms with E-state index in [4.69, 9.17) is 10.8 Å². The SMILES string of the molecule is CC(C)[C@H](N)C(=O)N1CCC[C@H]1C(=O)NCC(=O)N[C@H](C(=O)N[C@@H](C)C(=O)NCC(=O)NCC(=O)O)C(C)C. The molecular formula is C24H41N7O8. The third-order valence-corrected chi connectivity index (χ3v) is 6.14. The topological polar surface area (TPSA) is 229 Å². The molecule has 1 saturated heterocycles. The molecule has 1 aliphatic heterocycles. The Labute approximate surface area is 227 Å². The Morgan fingerprint density at radius 2 is 1.44 bits per heavy atom. The number of carboxylic acid groups (broad SMARTS) is 1. The first-order valence-electron chi connectivity index (χ1n) is 12.8. The number of carbonyl (C=O) groups is 7. The van der Waals surface area contributed by atoms with Gasteiger partial charge in [0.1, 0.15) is 24.7 Å². The molecule has 0 spiro atoms. The Balaban J connectivity index is 2.60. The van der Waals surface area contributed by atoms with E-state index in [0.717, 1.165) is 0 Å². The minimum atomic E-state index is -1.24. The Morgan fingerprint density at radius 1 is 0.821 bits per heavy atom. The van der Waals surface area contributed by atoms with Gasteiger partial charge >= 0.3 is 5.97 Å². The summed E-state index contributed by atoms with van der Waals surface area (Å²) in [7, 11) is 0. The average molecular weight is 556 g/mol. The van der Waals surface area contributed by atoms with Gasteiger partial charge in [0.25, 0.3) is 0 Å². The summed E-state index contributed by atoms with van der Waals surface area (Å²) in [6, 6.07) is -3.56. The molecule has 0 bridgehead atoms. The van der Waals surface area contributed by atoms with Crippen LogP contribution in [0.5, 0.6) is 0 Å². The van der Waals surface area contributed by atoms with Crippen LogP contribution in [0.1, 0.15) is 47.5 Å². The fourth-order valence-electron chi connectivity index (χ4n) is 3.75. The van der Waals surface area contributed by atoms with Crippen molar-refractivity contribution in [1.29, 1.82) is 0 Å². The van der Waals surface area contributed by atoms with E-state index in [9.17, 15) is 33.6 Å². The number of nitrogens with two attached hydrogens (primary N) is 1. The summed E-state index contributed by atoms with van der Waals surface area (Å²) in [6.45, 7) is 7.27. The summed E-state index contributed by atoms with van der Waals surface area (Å²) >= 11 is 0. The third kappa shape index (κ3) is 10.9. The molecule has 0 aromatic carbocycles. The highest BCUT2D eigenvalue weighted by Crippen LogP contribution is 2.19. The predicted molar refractivity (Wildman–Crippen MR) is 139 cm³/mol. The lowest BCUT2D eigenvalue weighted by Crippen LogP contribution is -2.57. The molecule has 0 aromatic heterocycles. The van der Waals surface area contributed by atoms with Crippen molar-refractivity contribution < 1.29 is 38.7 Å². The maximum atomic E-state index is 12.7. The third-order valence-electron chi connectivity index (χ3n) is 6.14. The first kappa shape index (κ1) is 33.3. The summed E-state index contributed by atoms with van der Waals surface area (Å²) < 4.78 is 0. The minimum Gasteiger partial charge on any atom is -0.480 e. The first-order chi connectivity index (χ1) is 18.1. The van der Waals surface area contributed by atoms with E-state index in [2.05, 4.69) is 26.6 Å². The summed E-state index contributed by atoms with van der Waals surface area (Å²) in [4.78, 5) is 86.2. The molecule has 0 radical (unpaired) electrons. The number of carbonyl (C=O) groups excluding carboxylic acids is 6. The average Bonchev–Trinajstić information content (AvgIpc) is 3.36. The second-order valence-electron chi connectivity index (χ2n) is 10.1. The van der Waals surface area contributed by atoms with E-state index in [1.165, 1.54) is 11.8 Å². The van der Waals surface area contributed by atoms with E-state index in [1.54, 1.807) is 13.8 Å². The van der Waals surface area contributed by atoms with Crippen LogP contribution in [0, 0.1) is 11.8 Å². The van der Waals surface area contributed by atoms with Gasteiger partial charge in [0.2, 0.25) is 35.4 Å². The van der Waals surface area contributed by atoms with Gasteiger partial charge < -0.3 is 42.3 Å². The van der Waals surface area contributed by atoms with Crippen LogP contribution in [0.25, 0.3) is 0 Å². The van der Waals surface area contributed by atoms with E-state index < -0.39 is 79.3 Å². The maximum absolute atomic E-state index is 12.7. The Morgan fingerprint density at radius 3 is 2.00 bits per heavy atom. The van der Waals surface area contributed by atoms with E-state index in [0.29, 0.717) is 19.4 Å². The second-order valence-corrected chi connectivity index (χ2v) is 10.1. The van der Waals surface area contributed by atoms with Crippen molar-refractivity contribution in [2.45, 2.75) is 71.6 Å². The van der Waals surface area contributed by atoms with Crippen LogP contribution >= 0.6 is 0 Å². The molecule has 0 unspecified atom stereocenters. The smallest absolute Gasteiger partial charge is 0.322 e. The van der Waals surface area contributed by atoms with Crippen molar-refractivity contribution >= 4 is 41.4 Å². The van der Waals surface area contributed by atoms with E-state index >= 15 is 0 Å². The van der Waals surface area contributed by atoms with E-state index in [1.807, 2.05) is 13.8 Å². The van der Waals surface area contributed by atoms with Gasteiger partial charge in [-0.25, -0.2) is 0 Å². The highest BCUT2D eigenvalue weighted by Gasteiger charge is 2.37. The molecule has 1 fully saturated rings. The lowest BCUT2D eigenvalue weighted by atomic mass is 10.0. The number of likely N-dealkylation sites (tertiary alicyclic amines) is 1. The van der Waals surface area contributed by atoms with Gasteiger partial charge in [-0.05, 0) is 31.6 Å². The molecule has 1 rings (SSSR count). The molecule has 0 saturated carbocycles. The monoisotopic (exact) mass is 555 g/mol. The molecule has 220 valence electrons. The number of nitrogens with one attached hydrogen (secondary N) is 5. The summed E-state index contributed by atoms with van der Waals surface area (Å²) in [5.41, 5.74) is 5.95. The highest BCUT2D eigenvalue weighted by atomic mass is 16.4. The van der Waals surface area contributed by atoms with Crippen molar-refractivity contribution in [2.24, 2.45) is 17.6 Å². The molecule has 0 aromatic rings. The number of hydrogen-bond acceptors (Lipinski definition) is 8. The van der Waals surface area contributed by atoms with Crippen molar-refractivity contribution in [3.05, 3.63) is 0 Å². The van der Waals surface area contributed by atoms with Crippen molar-refractivity contribution in [1.82, 2.24) is 31.5 Å². The van der Waals surface area contributed by atoms with Gasteiger partial charge in [-0.3, -0.25) is 33.6 Å². The quantitative estimate of drug-likeness (QED) is 0.116. The molecule has 0 aliphatic carbocycles. The maximum Gasteiger partial charge on any atom is 0.322 e. The van der Waals surface area contributed by atoms with Gasteiger partial charge in [-0.2, -0.15) is 0 Å². The molecule has 15 heteroatoms. The zero-order valence-corrected chi connectivity index (χ0v) is 23.0. The zero-order valence-electron chi connectivity index (χ0n) is 23.0. The normalized spacial score (nSPS) is 17.1. The number of amides is 6. The summed E-state index contributed by atoms with van der Waals surface area (Å²) in [5.74, 6) is -5.21. The summed E-state index contributed by atoms with van der Waals surface area (Å²) in [5, 5.41) is 20.4. The number of nitrogens with zero attached hydrogens (tertiary/aromatic N) is 1. The van der Waals surface area contributed by atoms with Crippen LogP contribution in [0.2, 0.25) is 0 Å². The van der Waals surface area contributed by atoms with Crippen molar-refractivity contribution in [2.75, 3.05) is 26.2 Å².